The second kappa shape index (κ2) is 15.3. The average Bonchev–Trinajstić information content (AvgIpc) is 2.87. The second-order valence-electron chi connectivity index (χ2n) is 8.68. The van der Waals surface area contributed by atoms with E-state index in [1.165, 1.54) is 37.7 Å². The van der Waals surface area contributed by atoms with Crippen molar-refractivity contribution in [1.29, 1.82) is 0 Å². The zero-order valence-corrected chi connectivity index (χ0v) is 22.1. The van der Waals surface area contributed by atoms with E-state index in [0.717, 1.165) is 53.9 Å². The van der Waals surface area contributed by atoms with E-state index in [-0.39, 0.29) is 0 Å². The summed E-state index contributed by atoms with van der Waals surface area (Å²) in [5, 5.41) is 4.69. The first-order chi connectivity index (χ1) is 16.6. The topological polar surface area (TPSA) is 50.3 Å². The van der Waals surface area contributed by atoms with Crippen LogP contribution in [-0.2, 0) is 6.54 Å². The minimum atomic E-state index is 0.736. The fourth-order valence-electron chi connectivity index (χ4n) is 4.26. The molecule has 0 amide bonds. The van der Waals surface area contributed by atoms with Crippen LogP contribution in [0.5, 0.6) is 5.75 Å². The highest BCUT2D eigenvalue weighted by Gasteiger charge is 2.13. The maximum absolute atomic E-state index is 5.64. The summed E-state index contributed by atoms with van der Waals surface area (Å²) in [6.07, 6.45) is 7.08. The summed E-state index contributed by atoms with van der Waals surface area (Å²) in [6.45, 7) is 10.8. The molecule has 1 aliphatic carbocycles. The molecule has 0 spiro atoms. The SMILES string of the molecule is CC.CCOc1ccccc1CNCC1CCCCC1.Cc1nc(N(C)C)c2ccccc2n1. The van der Waals surface area contributed by atoms with Gasteiger partial charge in [-0.25, -0.2) is 9.97 Å². The molecule has 5 nitrogen and oxygen atoms in total. The number of para-hydroxylation sites is 2. The van der Waals surface area contributed by atoms with Crippen LogP contribution in [0.3, 0.4) is 0 Å². The molecule has 1 saturated carbocycles. The highest BCUT2D eigenvalue weighted by atomic mass is 16.5. The second-order valence-corrected chi connectivity index (χ2v) is 8.68. The molecule has 3 aromatic rings. The van der Waals surface area contributed by atoms with Crippen LogP contribution >= 0.6 is 0 Å². The molecule has 186 valence electrons. The number of nitrogens with one attached hydrogen (secondary N) is 1. The first-order valence-electron chi connectivity index (χ1n) is 12.9. The number of benzene rings is 2. The Morgan fingerprint density at radius 1 is 0.941 bits per heavy atom. The van der Waals surface area contributed by atoms with Crippen molar-refractivity contribution in [3.8, 4) is 5.75 Å². The van der Waals surface area contributed by atoms with E-state index >= 15 is 0 Å². The third-order valence-corrected chi connectivity index (χ3v) is 5.86. The standard InChI is InChI=1S/C16H25NO.C11H13N3.C2H6/c1-2-18-16-11-7-6-10-15(16)13-17-12-14-8-4-3-5-9-14;1-8-12-10-7-5-4-6-9(10)11(13-8)14(2)3;1-2/h6-7,10-11,14,17H,2-5,8-9,12-13H2,1H3;4-7H,1-3H3;1-2H3. The summed E-state index contributed by atoms with van der Waals surface area (Å²) in [5.74, 6) is 3.70. The van der Waals surface area contributed by atoms with Crippen LogP contribution in [0, 0.1) is 12.8 Å². The van der Waals surface area contributed by atoms with Crippen LogP contribution in [0.15, 0.2) is 48.5 Å². The molecule has 1 heterocycles. The number of anilines is 1. The van der Waals surface area contributed by atoms with Gasteiger partial charge in [0.2, 0.25) is 0 Å². The smallest absolute Gasteiger partial charge is 0.139 e. The maximum atomic E-state index is 5.64. The molecule has 4 rings (SSSR count). The molecule has 0 atom stereocenters. The number of ether oxygens (including phenoxy) is 1. The van der Waals surface area contributed by atoms with Crippen molar-refractivity contribution in [2.75, 3.05) is 32.1 Å². The summed E-state index contributed by atoms with van der Waals surface area (Å²) >= 11 is 0. The highest BCUT2D eigenvalue weighted by Crippen LogP contribution is 2.24. The van der Waals surface area contributed by atoms with Crippen LogP contribution in [0.1, 0.15) is 64.3 Å². The number of hydrogen-bond donors (Lipinski definition) is 1. The molecule has 1 N–H and O–H groups in total. The Balaban J connectivity index is 0.000000230. The van der Waals surface area contributed by atoms with E-state index in [1.807, 2.05) is 77.0 Å². The minimum Gasteiger partial charge on any atom is -0.494 e. The summed E-state index contributed by atoms with van der Waals surface area (Å²) < 4.78 is 5.64. The molecule has 2 aromatic carbocycles. The van der Waals surface area contributed by atoms with Crippen molar-refractivity contribution in [2.45, 2.75) is 66.3 Å². The van der Waals surface area contributed by atoms with Crippen LogP contribution in [0.25, 0.3) is 10.9 Å². The van der Waals surface area contributed by atoms with E-state index < -0.39 is 0 Å². The Morgan fingerprint density at radius 2 is 1.62 bits per heavy atom. The molecule has 0 radical (unpaired) electrons. The van der Waals surface area contributed by atoms with Crippen molar-refractivity contribution in [1.82, 2.24) is 15.3 Å². The number of aromatic nitrogens is 2. The minimum absolute atomic E-state index is 0.736. The number of aryl methyl sites for hydroxylation is 1. The van der Waals surface area contributed by atoms with Gasteiger partial charge in [0.25, 0.3) is 0 Å². The van der Waals surface area contributed by atoms with E-state index in [9.17, 15) is 0 Å². The molecule has 1 fully saturated rings. The predicted octanol–water partition coefficient (Wildman–Crippen LogP) is 6.79. The number of fused-ring (bicyclic) bond motifs is 1. The summed E-state index contributed by atoms with van der Waals surface area (Å²) in [4.78, 5) is 10.8. The van der Waals surface area contributed by atoms with Crippen LogP contribution < -0.4 is 15.0 Å². The number of hydrogen-bond acceptors (Lipinski definition) is 5. The van der Waals surface area contributed by atoms with Crippen LogP contribution in [0.4, 0.5) is 5.82 Å². The molecule has 0 bridgehead atoms. The lowest BCUT2D eigenvalue weighted by atomic mass is 9.89. The fourth-order valence-corrected chi connectivity index (χ4v) is 4.26. The first kappa shape index (κ1) is 27.6. The zero-order valence-electron chi connectivity index (χ0n) is 22.1. The van der Waals surface area contributed by atoms with Gasteiger partial charge in [0, 0.05) is 31.6 Å². The van der Waals surface area contributed by atoms with Gasteiger partial charge < -0.3 is 15.0 Å². The third kappa shape index (κ3) is 8.60. The Morgan fingerprint density at radius 3 is 2.32 bits per heavy atom. The molecule has 1 aliphatic rings. The van der Waals surface area contributed by atoms with Gasteiger partial charge in [-0.2, -0.15) is 0 Å². The van der Waals surface area contributed by atoms with Crippen molar-refractivity contribution in [3.63, 3.8) is 0 Å². The summed E-state index contributed by atoms with van der Waals surface area (Å²) in [7, 11) is 3.99. The fraction of sp³-hybridized carbons (Fsp3) is 0.517. The molecule has 1 aromatic heterocycles. The molecular formula is C29H44N4O. The average molecular weight is 465 g/mol. The monoisotopic (exact) mass is 464 g/mol. The van der Waals surface area contributed by atoms with Gasteiger partial charge in [0.05, 0.1) is 12.1 Å². The van der Waals surface area contributed by atoms with Gasteiger partial charge in [-0.1, -0.05) is 63.4 Å². The molecule has 0 aliphatic heterocycles. The Bertz CT molecular complexity index is 967. The largest absolute Gasteiger partial charge is 0.494 e. The maximum Gasteiger partial charge on any atom is 0.139 e. The Hall–Kier alpha value is -2.66. The van der Waals surface area contributed by atoms with Crippen molar-refractivity contribution >= 4 is 16.7 Å². The summed E-state index contributed by atoms with van der Waals surface area (Å²) in [5.41, 5.74) is 2.28. The first-order valence-corrected chi connectivity index (χ1v) is 12.9. The highest BCUT2D eigenvalue weighted by molar-refractivity contribution is 5.89. The molecular weight excluding hydrogens is 420 g/mol. The zero-order chi connectivity index (χ0) is 24.8. The number of rotatable bonds is 7. The predicted molar refractivity (Wildman–Crippen MR) is 146 cm³/mol. The van der Waals surface area contributed by atoms with Crippen molar-refractivity contribution in [2.24, 2.45) is 5.92 Å². The molecule has 34 heavy (non-hydrogen) atoms. The van der Waals surface area contributed by atoms with Crippen LogP contribution in [0.2, 0.25) is 0 Å². The van der Waals surface area contributed by atoms with Gasteiger partial charge in [-0.05, 0) is 57.4 Å². The van der Waals surface area contributed by atoms with E-state index in [2.05, 4.69) is 33.5 Å². The van der Waals surface area contributed by atoms with Gasteiger partial charge in [-0.3, -0.25) is 0 Å². The Kier molecular flexibility index (Phi) is 12.4. The third-order valence-electron chi connectivity index (χ3n) is 5.86. The Labute approximate surface area is 207 Å². The van der Waals surface area contributed by atoms with Crippen molar-refractivity contribution in [3.05, 3.63) is 59.9 Å². The summed E-state index contributed by atoms with van der Waals surface area (Å²) in [6, 6.07) is 16.4. The van der Waals surface area contributed by atoms with Gasteiger partial charge in [0.1, 0.15) is 17.4 Å². The van der Waals surface area contributed by atoms with Crippen LogP contribution in [-0.4, -0.2) is 37.2 Å². The molecule has 0 unspecified atom stereocenters. The lowest BCUT2D eigenvalue weighted by Gasteiger charge is -2.22. The van der Waals surface area contributed by atoms with Gasteiger partial charge >= 0.3 is 0 Å². The number of nitrogens with zero attached hydrogens (tertiary/aromatic N) is 3. The van der Waals surface area contributed by atoms with E-state index in [0.29, 0.717) is 0 Å². The van der Waals surface area contributed by atoms with Crippen molar-refractivity contribution < 1.29 is 4.74 Å². The molecule has 5 heteroatoms. The van der Waals surface area contributed by atoms with E-state index in [1.54, 1.807) is 0 Å². The quantitative estimate of drug-likeness (QED) is 0.417. The van der Waals surface area contributed by atoms with Gasteiger partial charge in [0.15, 0.2) is 0 Å². The lowest BCUT2D eigenvalue weighted by Crippen LogP contribution is -2.24. The normalized spacial score (nSPS) is 13.4. The lowest BCUT2D eigenvalue weighted by molar-refractivity contribution is 0.328. The molecule has 0 saturated heterocycles. The van der Waals surface area contributed by atoms with Gasteiger partial charge in [-0.15, -0.1) is 0 Å². The van der Waals surface area contributed by atoms with E-state index in [4.69, 9.17) is 4.74 Å².